The number of aromatic nitrogens is 2. The zero-order valence-corrected chi connectivity index (χ0v) is 17.4. The van der Waals surface area contributed by atoms with Crippen LogP contribution in [-0.2, 0) is 11.3 Å². The average Bonchev–Trinajstić information content (AvgIpc) is 3.01. The minimum absolute atomic E-state index is 0.0431. The first kappa shape index (κ1) is 21.1. The molecule has 1 aromatic heterocycles. The van der Waals surface area contributed by atoms with E-state index < -0.39 is 0 Å². The lowest BCUT2D eigenvalue weighted by molar-refractivity contribution is -0.122. The molecule has 2 N–H and O–H groups in total. The number of rotatable bonds is 8. The van der Waals surface area contributed by atoms with Crippen molar-refractivity contribution in [3.63, 3.8) is 0 Å². The highest BCUT2D eigenvalue weighted by molar-refractivity contribution is 6.05. The lowest BCUT2D eigenvalue weighted by Gasteiger charge is -2.09. The van der Waals surface area contributed by atoms with Gasteiger partial charge in [0.25, 0.3) is 11.8 Å². The molecule has 1 heterocycles. The van der Waals surface area contributed by atoms with Crippen molar-refractivity contribution in [3.05, 3.63) is 77.1 Å². The fourth-order valence-corrected chi connectivity index (χ4v) is 3.16. The summed E-state index contributed by atoms with van der Waals surface area (Å²) in [6.07, 6.45) is 0. The van der Waals surface area contributed by atoms with Crippen LogP contribution in [0.25, 0.3) is 0 Å². The fraction of sp³-hybridized carbons (Fsp3) is 0.261. The zero-order chi connectivity index (χ0) is 21.5. The minimum atomic E-state index is -0.208. The smallest absolute Gasteiger partial charge is 0.259 e. The number of hydrogen-bond acceptors (Lipinski definition) is 4. The van der Waals surface area contributed by atoms with E-state index in [2.05, 4.69) is 15.7 Å². The predicted molar refractivity (Wildman–Crippen MR) is 116 cm³/mol. The molecule has 3 rings (SSSR count). The van der Waals surface area contributed by atoms with Crippen LogP contribution >= 0.6 is 0 Å². The van der Waals surface area contributed by atoms with Crippen LogP contribution in [0.5, 0.6) is 5.75 Å². The van der Waals surface area contributed by atoms with Crippen LogP contribution in [0.2, 0.25) is 0 Å². The van der Waals surface area contributed by atoms with Gasteiger partial charge in [-0.3, -0.25) is 14.3 Å². The third kappa shape index (κ3) is 5.26. The standard InChI is InChI=1S/C23H26N4O3/c1-4-24-21(28)15-30-20-12-10-19(11-13-20)25-23(29)22-16(2)26-27(17(22)3)14-18-8-6-5-7-9-18/h5-13H,4,14-15H2,1-3H3,(H,24,28)(H,25,29). The number of carbonyl (C=O) groups is 2. The van der Waals surface area contributed by atoms with Crippen molar-refractivity contribution in [2.45, 2.75) is 27.3 Å². The van der Waals surface area contributed by atoms with E-state index in [-0.39, 0.29) is 18.4 Å². The van der Waals surface area contributed by atoms with E-state index in [4.69, 9.17) is 4.74 Å². The Bertz CT molecular complexity index is 1010. The van der Waals surface area contributed by atoms with Gasteiger partial charge in [0.05, 0.1) is 17.8 Å². The van der Waals surface area contributed by atoms with Gasteiger partial charge < -0.3 is 15.4 Å². The minimum Gasteiger partial charge on any atom is -0.484 e. The Hall–Kier alpha value is -3.61. The highest BCUT2D eigenvalue weighted by Crippen LogP contribution is 2.19. The summed E-state index contributed by atoms with van der Waals surface area (Å²) in [7, 11) is 0. The topological polar surface area (TPSA) is 85.2 Å². The molecule has 156 valence electrons. The SMILES string of the molecule is CCNC(=O)COc1ccc(NC(=O)c2c(C)nn(Cc3ccccc3)c2C)cc1. The van der Waals surface area contributed by atoms with Crippen LogP contribution in [0, 0.1) is 13.8 Å². The fourth-order valence-electron chi connectivity index (χ4n) is 3.16. The number of benzene rings is 2. The quantitative estimate of drug-likeness (QED) is 0.601. The molecule has 0 aliphatic rings. The van der Waals surface area contributed by atoms with Crippen molar-refractivity contribution in [3.8, 4) is 5.75 Å². The van der Waals surface area contributed by atoms with Gasteiger partial charge in [-0.15, -0.1) is 0 Å². The van der Waals surface area contributed by atoms with Gasteiger partial charge in [0.2, 0.25) is 0 Å². The van der Waals surface area contributed by atoms with E-state index in [0.29, 0.717) is 35.8 Å². The molecule has 3 aromatic rings. The first-order valence-electron chi connectivity index (χ1n) is 9.86. The first-order valence-corrected chi connectivity index (χ1v) is 9.86. The molecule has 7 heteroatoms. The predicted octanol–water partition coefficient (Wildman–Crippen LogP) is 3.32. The van der Waals surface area contributed by atoms with Gasteiger partial charge in [-0.2, -0.15) is 5.10 Å². The average molecular weight is 406 g/mol. The number of carbonyl (C=O) groups excluding carboxylic acids is 2. The summed E-state index contributed by atoms with van der Waals surface area (Å²) < 4.78 is 7.27. The third-order valence-corrected chi connectivity index (χ3v) is 4.64. The number of anilines is 1. The number of aryl methyl sites for hydroxylation is 1. The van der Waals surface area contributed by atoms with Crippen LogP contribution in [0.3, 0.4) is 0 Å². The van der Waals surface area contributed by atoms with Gasteiger partial charge in [-0.25, -0.2) is 0 Å². The van der Waals surface area contributed by atoms with Crippen LogP contribution in [-0.4, -0.2) is 34.7 Å². The summed E-state index contributed by atoms with van der Waals surface area (Å²) in [4.78, 5) is 24.3. The number of amides is 2. The molecule has 0 unspecified atom stereocenters. The lowest BCUT2D eigenvalue weighted by atomic mass is 10.1. The van der Waals surface area contributed by atoms with E-state index in [9.17, 15) is 9.59 Å². The number of ether oxygens (including phenoxy) is 1. The molecule has 2 aromatic carbocycles. The Morgan fingerprint density at radius 3 is 2.40 bits per heavy atom. The van der Waals surface area contributed by atoms with E-state index in [1.807, 2.05) is 55.8 Å². The zero-order valence-electron chi connectivity index (χ0n) is 17.4. The lowest BCUT2D eigenvalue weighted by Crippen LogP contribution is -2.28. The Labute approximate surface area is 176 Å². The maximum absolute atomic E-state index is 12.8. The molecule has 30 heavy (non-hydrogen) atoms. The van der Waals surface area contributed by atoms with E-state index >= 15 is 0 Å². The first-order chi connectivity index (χ1) is 14.5. The maximum atomic E-state index is 12.8. The molecule has 0 bridgehead atoms. The van der Waals surface area contributed by atoms with Crippen molar-refractivity contribution < 1.29 is 14.3 Å². The number of likely N-dealkylation sites (N-methyl/N-ethyl adjacent to an activating group) is 1. The van der Waals surface area contributed by atoms with E-state index in [0.717, 1.165) is 11.3 Å². The number of nitrogens with zero attached hydrogens (tertiary/aromatic N) is 2. The van der Waals surface area contributed by atoms with Crippen molar-refractivity contribution in [2.24, 2.45) is 0 Å². The van der Waals surface area contributed by atoms with Crippen LogP contribution in [0.1, 0.15) is 34.2 Å². The molecular weight excluding hydrogens is 380 g/mol. The van der Waals surface area contributed by atoms with Crippen LogP contribution in [0.15, 0.2) is 54.6 Å². The second-order valence-electron chi connectivity index (χ2n) is 6.91. The molecule has 0 saturated carbocycles. The maximum Gasteiger partial charge on any atom is 0.259 e. The van der Waals surface area contributed by atoms with Gasteiger partial charge in [0.1, 0.15) is 5.75 Å². The van der Waals surface area contributed by atoms with Gasteiger partial charge in [-0.05, 0) is 50.6 Å². The molecule has 2 amide bonds. The molecule has 0 saturated heterocycles. The van der Waals surface area contributed by atoms with Crippen LogP contribution in [0.4, 0.5) is 5.69 Å². The molecule has 7 nitrogen and oxygen atoms in total. The summed E-state index contributed by atoms with van der Waals surface area (Å²) in [5, 5.41) is 10.1. The van der Waals surface area contributed by atoms with Crippen molar-refractivity contribution >= 4 is 17.5 Å². The highest BCUT2D eigenvalue weighted by atomic mass is 16.5. The normalized spacial score (nSPS) is 10.5. The number of hydrogen-bond donors (Lipinski definition) is 2. The highest BCUT2D eigenvalue weighted by Gasteiger charge is 2.19. The van der Waals surface area contributed by atoms with E-state index in [1.54, 1.807) is 24.3 Å². The Morgan fingerprint density at radius 2 is 1.73 bits per heavy atom. The molecule has 0 radical (unpaired) electrons. The molecule has 0 aliphatic carbocycles. The largest absolute Gasteiger partial charge is 0.484 e. The van der Waals surface area contributed by atoms with Crippen molar-refractivity contribution in [2.75, 3.05) is 18.5 Å². The molecule has 0 spiro atoms. The summed E-state index contributed by atoms with van der Waals surface area (Å²) >= 11 is 0. The second kappa shape index (κ2) is 9.73. The van der Waals surface area contributed by atoms with E-state index in [1.165, 1.54) is 0 Å². The van der Waals surface area contributed by atoms with Gasteiger partial charge in [0, 0.05) is 17.9 Å². The second-order valence-corrected chi connectivity index (χ2v) is 6.91. The monoisotopic (exact) mass is 406 g/mol. The number of nitrogens with one attached hydrogen (secondary N) is 2. The molecule has 0 aliphatic heterocycles. The molecule has 0 fully saturated rings. The summed E-state index contributed by atoms with van der Waals surface area (Å²) in [6.45, 7) is 6.72. The van der Waals surface area contributed by atoms with Crippen molar-refractivity contribution in [1.82, 2.24) is 15.1 Å². The summed E-state index contributed by atoms with van der Waals surface area (Å²) in [6, 6.07) is 16.9. The summed E-state index contributed by atoms with van der Waals surface area (Å²) in [5.74, 6) is 0.177. The Morgan fingerprint density at radius 1 is 1.03 bits per heavy atom. The summed E-state index contributed by atoms with van der Waals surface area (Å²) in [5.41, 5.74) is 3.83. The third-order valence-electron chi connectivity index (χ3n) is 4.64. The van der Waals surface area contributed by atoms with Crippen LogP contribution < -0.4 is 15.4 Å². The Balaban J connectivity index is 1.65. The Kier molecular flexibility index (Phi) is 6.85. The van der Waals surface area contributed by atoms with Gasteiger partial charge in [0.15, 0.2) is 6.61 Å². The van der Waals surface area contributed by atoms with Gasteiger partial charge >= 0.3 is 0 Å². The molecular formula is C23H26N4O3. The molecule has 0 atom stereocenters. The van der Waals surface area contributed by atoms with Crippen molar-refractivity contribution in [1.29, 1.82) is 0 Å². The van der Waals surface area contributed by atoms with Gasteiger partial charge in [-0.1, -0.05) is 30.3 Å².